The van der Waals surface area contributed by atoms with Crippen LogP contribution >= 0.6 is 11.6 Å². The third kappa shape index (κ3) is 4.77. The lowest BCUT2D eigenvalue weighted by Gasteiger charge is -2.34. The number of aromatic nitrogens is 2. The number of anilines is 2. The highest BCUT2D eigenvalue weighted by atomic mass is 35.5. The van der Waals surface area contributed by atoms with Crippen molar-refractivity contribution in [1.82, 2.24) is 14.9 Å². The second kappa shape index (κ2) is 10.6. The average molecular weight is 572 g/mol. The largest absolute Gasteiger partial charge is 0.462 e. The predicted octanol–water partition coefficient (Wildman–Crippen LogP) is 5.68. The van der Waals surface area contributed by atoms with Gasteiger partial charge in [-0.3, -0.25) is 4.79 Å². The first-order valence-electron chi connectivity index (χ1n) is 15.0. The lowest BCUT2D eigenvalue weighted by atomic mass is 9.93. The number of carbonyl (C=O) groups excluding carboxylic acids is 1. The van der Waals surface area contributed by atoms with Crippen molar-refractivity contribution in [2.75, 3.05) is 49.6 Å². The van der Waals surface area contributed by atoms with Crippen molar-refractivity contribution in [3.05, 3.63) is 65.3 Å². The summed E-state index contributed by atoms with van der Waals surface area (Å²) < 4.78 is 6.33. The molecule has 0 unspecified atom stereocenters. The number of rotatable bonds is 7. The Hall–Kier alpha value is -3.16. The summed E-state index contributed by atoms with van der Waals surface area (Å²) >= 11 is 6.71. The lowest BCUT2D eigenvalue weighted by Crippen LogP contribution is -2.36. The summed E-state index contributed by atoms with van der Waals surface area (Å²) in [5, 5.41) is 2.99. The van der Waals surface area contributed by atoms with E-state index in [0.717, 1.165) is 91.3 Å². The van der Waals surface area contributed by atoms with E-state index in [2.05, 4.69) is 52.6 Å². The summed E-state index contributed by atoms with van der Waals surface area (Å²) in [5.41, 5.74) is 3.16. The van der Waals surface area contributed by atoms with Gasteiger partial charge in [-0.05, 0) is 81.6 Å². The van der Waals surface area contributed by atoms with Crippen LogP contribution in [0.15, 0.2) is 49.1 Å². The Labute approximate surface area is 247 Å². The van der Waals surface area contributed by atoms with Gasteiger partial charge < -0.3 is 19.4 Å². The minimum atomic E-state index is -0.208. The van der Waals surface area contributed by atoms with Gasteiger partial charge in [-0.2, -0.15) is 9.97 Å². The molecule has 7 nitrogen and oxygen atoms in total. The number of hydrogen-bond acceptors (Lipinski definition) is 7. The number of benzene rings is 2. The standard InChI is InChI=1S/C33H38ClN5O2/c1-3-29(40)33-14-7-16-39(19-23(33)18-33)31-25-13-17-38(28-12-5-9-22-8-4-11-26(34)30(22)28)20-27(25)35-32(36-31)41-21-24-10-6-15-37(24)2/h3-5,8-9,11-12,23-24H,1,6-7,10,13-21H2,2H3/t23-,24+,33+/m1/s1. The van der Waals surface area contributed by atoms with E-state index < -0.39 is 0 Å². The molecule has 0 spiro atoms. The number of halogens is 1. The average Bonchev–Trinajstić information content (AvgIpc) is 3.58. The molecule has 0 N–H and O–H groups in total. The molecule has 3 aliphatic heterocycles. The first-order valence-corrected chi connectivity index (χ1v) is 15.4. The zero-order valence-corrected chi connectivity index (χ0v) is 24.6. The molecule has 7 rings (SSSR count). The van der Waals surface area contributed by atoms with E-state index >= 15 is 0 Å². The number of ketones is 1. The van der Waals surface area contributed by atoms with Crippen molar-refractivity contribution in [2.24, 2.45) is 11.3 Å². The summed E-state index contributed by atoms with van der Waals surface area (Å²) in [6.07, 6.45) is 7.56. The highest BCUT2D eigenvalue weighted by Gasteiger charge is 2.59. The topological polar surface area (TPSA) is 61.8 Å². The van der Waals surface area contributed by atoms with Crippen LogP contribution in [0.1, 0.15) is 43.4 Å². The number of nitrogens with zero attached hydrogens (tertiary/aromatic N) is 5. The molecule has 2 aromatic carbocycles. The fourth-order valence-electron chi connectivity index (χ4n) is 7.51. The maximum atomic E-state index is 12.7. The first kappa shape index (κ1) is 26.7. The number of fused-ring (bicyclic) bond motifs is 3. The molecule has 4 heterocycles. The van der Waals surface area contributed by atoms with Gasteiger partial charge >= 0.3 is 6.01 Å². The second-order valence-electron chi connectivity index (χ2n) is 12.3. The molecule has 214 valence electrons. The second-order valence-corrected chi connectivity index (χ2v) is 12.7. The molecule has 0 radical (unpaired) electrons. The van der Waals surface area contributed by atoms with Crippen LogP contribution in [0.4, 0.5) is 11.5 Å². The normalized spacial score (nSPS) is 25.9. The summed E-state index contributed by atoms with van der Waals surface area (Å²) in [6.45, 7) is 8.74. The summed E-state index contributed by atoms with van der Waals surface area (Å²) in [6, 6.07) is 13.3. The van der Waals surface area contributed by atoms with Gasteiger partial charge in [0, 0.05) is 47.7 Å². The molecule has 0 amide bonds. The Balaban J connectivity index is 1.22. The van der Waals surface area contributed by atoms with E-state index in [0.29, 0.717) is 31.1 Å². The number of likely N-dealkylation sites (tertiary alicyclic amines) is 1. The molecule has 3 fully saturated rings. The number of carbonyl (C=O) groups is 1. The lowest BCUT2D eigenvalue weighted by molar-refractivity contribution is -0.120. The number of allylic oxidation sites excluding steroid dienone is 1. The highest BCUT2D eigenvalue weighted by Crippen LogP contribution is 2.58. The molecule has 8 heteroatoms. The van der Waals surface area contributed by atoms with Gasteiger partial charge in [-0.1, -0.05) is 42.4 Å². The Morgan fingerprint density at radius 3 is 2.80 bits per heavy atom. The minimum Gasteiger partial charge on any atom is -0.462 e. The smallest absolute Gasteiger partial charge is 0.318 e. The Bertz CT molecular complexity index is 1510. The van der Waals surface area contributed by atoms with Crippen LogP contribution in [-0.2, 0) is 17.8 Å². The van der Waals surface area contributed by atoms with Crippen LogP contribution in [0.2, 0.25) is 5.02 Å². The van der Waals surface area contributed by atoms with Crippen LogP contribution in [0.5, 0.6) is 6.01 Å². The SMILES string of the molecule is C=CC(=O)[C@]12CCCN(c3nc(OC[C@@H]4CCCN4C)nc4c3CCN(c3cccc5cccc(Cl)c35)C4)C[C@H]1C2. The van der Waals surface area contributed by atoms with Gasteiger partial charge in [0.25, 0.3) is 0 Å². The molecular weight excluding hydrogens is 534 g/mol. The molecule has 1 aromatic heterocycles. The molecule has 1 aliphatic carbocycles. The van der Waals surface area contributed by atoms with Gasteiger partial charge in [0.2, 0.25) is 0 Å². The van der Waals surface area contributed by atoms with Crippen molar-refractivity contribution in [3.63, 3.8) is 0 Å². The molecule has 41 heavy (non-hydrogen) atoms. The number of likely N-dealkylation sites (N-methyl/N-ethyl adjacent to an activating group) is 1. The number of hydrogen-bond donors (Lipinski definition) is 0. The predicted molar refractivity (Wildman–Crippen MR) is 164 cm³/mol. The zero-order chi connectivity index (χ0) is 28.1. The maximum Gasteiger partial charge on any atom is 0.318 e. The van der Waals surface area contributed by atoms with Gasteiger partial charge in [0.05, 0.1) is 17.3 Å². The highest BCUT2D eigenvalue weighted by molar-refractivity contribution is 6.36. The molecule has 1 saturated carbocycles. The summed E-state index contributed by atoms with van der Waals surface area (Å²) in [5.74, 6) is 1.56. The van der Waals surface area contributed by atoms with Crippen LogP contribution in [0.3, 0.4) is 0 Å². The summed E-state index contributed by atoms with van der Waals surface area (Å²) in [4.78, 5) is 30.0. The van der Waals surface area contributed by atoms with Gasteiger partial charge in [0.1, 0.15) is 12.4 Å². The van der Waals surface area contributed by atoms with E-state index in [1.807, 2.05) is 12.1 Å². The first-order chi connectivity index (χ1) is 20.0. The maximum absolute atomic E-state index is 12.7. The van der Waals surface area contributed by atoms with Crippen LogP contribution in [0, 0.1) is 11.3 Å². The third-order valence-corrected chi connectivity index (χ3v) is 10.3. The molecule has 2 saturated heterocycles. The fourth-order valence-corrected chi connectivity index (χ4v) is 7.79. The van der Waals surface area contributed by atoms with E-state index in [4.69, 9.17) is 26.3 Å². The Kier molecular flexibility index (Phi) is 6.90. The van der Waals surface area contributed by atoms with Crippen molar-refractivity contribution >= 4 is 39.7 Å². The van der Waals surface area contributed by atoms with Crippen molar-refractivity contribution in [1.29, 1.82) is 0 Å². The summed E-state index contributed by atoms with van der Waals surface area (Å²) in [7, 11) is 2.16. The van der Waals surface area contributed by atoms with E-state index in [9.17, 15) is 4.79 Å². The van der Waals surface area contributed by atoms with Crippen molar-refractivity contribution < 1.29 is 9.53 Å². The van der Waals surface area contributed by atoms with Crippen LogP contribution < -0.4 is 14.5 Å². The fraction of sp³-hybridized carbons (Fsp3) is 0.485. The molecule has 3 aromatic rings. The van der Waals surface area contributed by atoms with Crippen molar-refractivity contribution in [2.45, 2.75) is 51.1 Å². The zero-order valence-electron chi connectivity index (χ0n) is 23.8. The van der Waals surface area contributed by atoms with Crippen molar-refractivity contribution in [3.8, 4) is 6.01 Å². The third-order valence-electron chi connectivity index (χ3n) is 9.97. The Morgan fingerprint density at radius 2 is 2.00 bits per heavy atom. The van der Waals surface area contributed by atoms with E-state index in [1.165, 1.54) is 18.1 Å². The van der Waals surface area contributed by atoms with Gasteiger partial charge in [-0.15, -0.1) is 0 Å². The minimum absolute atomic E-state index is 0.208. The van der Waals surface area contributed by atoms with Gasteiger partial charge in [0.15, 0.2) is 5.78 Å². The van der Waals surface area contributed by atoms with Crippen LogP contribution in [-0.4, -0.2) is 66.5 Å². The molecule has 4 aliphatic rings. The van der Waals surface area contributed by atoms with Crippen LogP contribution in [0.25, 0.3) is 10.8 Å². The van der Waals surface area contributed by atoms with Gasteiger partial charge in [-0.25, -0.2) is 0 Å². The Morgan fingerprint density at radius 1 is 1.15 bits per heavy atom. The van der Waals surface area contributed by atoms with E-state index in [-0.39, 0.29) is 11.2 Å². The van der Waals surface area contributed by atoms with E-state index in [1.54, 1.807) is 0 Å². The monoisotopic (exact) mass is 571 g/mol. The molecular formula is C33H38ClN5O2. The molecule has 0 bridgehead atoms. The molecule has 3 atom stereocenters. The quantitative estimate of drug-likeness (QED) is 0.338. The number of ether oxygens (including phenoxy) is 1.